The highest BCUT2D eigenvalue weighted by molar-refractivity contribution is 5.51. The minimum atomic E-state index is -0.255. The van der Waals surface area contributed by atoms with Crippen LogP contribution in [0.4, 0.5) is 10.1 Å². The van der Waals surface area contributed by atoms with Crippen LogP contribution < -0.4 is 11.1 Å². The summed E-state index contributed by atoms with van der Waals surface area (Å²) in [6.45, 7) is 1.66. The normalized spacial score (nSPS) is 10.3. The van der Waals surface area contributed by atoms with E-state index in [1.54, 1.807) is 13.2 Å². The molecule has 0 aliphatic rings. The van der Waals surface area contributed by atoms with Crippen LogP contribution in [-0.2, 0) is 11.3 Å². The molecule has 0 saturated carbocycles. The van der Waals surface area contributed by atoms with Crippen LogP contribution in [0, 0.1) is 5.82 Å². The highest BCUT2D eigenvalue weighted by Gasteiger charge is 2.05. The van der Waals surface area contributed by atoms with Crippen molar-refractivity contribution in [2.75, 3.05) is 25.6 Å². The Morgan fingerprint density at radius 3 is 2.93 bits per heavy atom. The molecule has 15 heavy (non-hydrogen) atoms. The third kappa shape index (κ3) is 3.49. The second kappa shape index (κ2) is 6.37. The average molecular weight is 212 g/mol. The Balaban J connectivity index is 2.56. The van der Waals surface area contributed by atoms with Crippen LogP contribution in [0.5, 0.6) is 0 Å². The van der Waals surface area contributed by atoms with E-state index in [2.05, 4.69) is 5.32 Å². The molecule has 0 unspecified atom stereocenters. The Hall–Kier alpha value is -1.13. The van der Waals surface area contributed by atoms with E-state index in [0.717, 1.165) is 18.7 Å². The second-order valence-corrected chi connectivity index (χ2v) is 3.24. The Morgan fingerprint density at radius 2 is 2.27 bits per heavy atom. The third-order valence-electron chi connectivity index (χ3n) is 2.16. The van der Waals surface area contributed by atoms with Crippen LogP contribution in [0.2, 0.25) is 0 Å². The lowest BCUT2D eigenvalue weighted by Crippen LogP contribution is -2.10. The van der Waals surface area contributed by atoms with Crippen molar-refractivity contribution in [1.82, 2.24) is 0 Å². The van der Waals surface area contributed by atoms with Crippen LogP contribution in [0.25, 0.3) is 0 Å². The summed E-state index contributed by atoms with van der Waals surface area (Å²) in [7, 11) is 1.66. The predicted molar refractivity (Wildman–Crippen MR) is 59.3 cm³/mol. The Morgan fingerprint density at radius 1 is 1.47 bits per heavy atom. The summed E-state index contributed by atoms with van der Waals surface area (Å²) >= 11 is 0. The number of nitrogens with two attached hydrogens (primary N) is 1. The molecule has 84 valence electrons. The SMILES string of the molecule is COCCCNc1cccc(F)c1CN. The van der Waals surface area contributed by atoms with Gasteiger partial charge in [-0.2, -0.15) is 0 Å². The Bertz CT molecular complexity index is 305. The van der Waals surface area contributed by atoms with E-state index in [9.17, 15) is 4.39 Å². The van der Waals surface area contributed by atoms with E-state index in [1.807, 2.05) is 6.07 Å². The molecule has 0 saturated heterocycles. The largest absolute Gasteiger partial charge is 0.385 e. The molecule has 0 aliphatic carbocycles. The molecule has 1 aromatic carbocycles. The van der Waals surface area contributed by atoms with Crippen LogP contribution in [0.3, 0.4) is 0 Å². The monoisotopic (exact) mass is 212 g/mol. The molecular weight excluding hydrogens is 195 g/mol. The zero-order chi connectivity index (χ0) is 11.1. The molecule has 0 atom stereocenters. The highest BCUT2D eigenvalue weighted by Crippen LogP contribution is 2.17. The summed E-state index contributed by atoms with van der Waals surface area (Å²) in [5.41, 5.74) is 6.79. The van der Waals surface area contributed by atoms with E-state index in [4.69, 9.17) is 10.5 Å². The van der Waals surface area contributed by atoms with Gasteiger partial charge in [0.2, 0.25) is 0 Å². The molecule has 1 aromatic rings. The first kappa shape index (κ1) is 11.9. The molecule has 0 aliphatic heterocycles. The van der Waals surface area contributed by atoms with Crippen molar-refractivity contribution in [2.24, 2.45) is 5.73 Å². The molecule has 0 amide bonds. The number of anilines is 1. The molecule has 3 nitrogen and oxygen atoms in total. The third-order valence-corrected chi connectivity index (χ3v) is 2.16. The zero-order valence-electron chi connectivity index (χ0n) is 8.92. The molecule has 0 bridgehead atoms. The predicted octanol–water partition coefficient (Wildman–Crippen LogP) is 1.73. The summed E-state index contributed by atoms with van der Waals surface area (Å²) in [5.74, 6) is -0.255. The van der Waals surface area contributed by atoms with E-state index in [0.29, 0.717) is 12.2 Å². The van der Waals surface area contributed by atoms with Gasteiger partial charge in [-0.15, -0.1) is 0 Å². The summed E-state index contributed by atoms with van der Waals surface area (Å²) in [6.07, 6.45) is 0.886. The van der Waals surface area contributed by atoms with Gasteiger partial charge in [-0.3, -0.25) is 0 Å². The minimum absolute atomic E-state index is 0.208. The van der Waals surface area contributed by atoms with Crippen molar-refractivity contribution >= 4 is 5.69 Å². The lowest BCUT2D eigenvalue weighted by atomic mass is 10.1. The first-order chi connectivity index (χ1) is 7.29. The topological polar surface area (TPSA) is 47.3 Å². The fourth-order valence-electron chi connectivity index (χ4n) is 1.37. The van der Waals surface area contributed by atoms with Gasteiger partial charge < -0.3 is 15.8 Å². The molecule has 0 fully saturated rings. The number of hydrogen-bond donors (Lipinski definition) is 2. The van der Waals surface area contributed by atoms with Crippen molar-refractivity contribution < 1.29 is 9.13 Å². The van der Waals surface area contributed by atoms with Gasteiger partial charge in [0.15, 0.2) is 0 Å². The quantitative estimate of drug-likeness (QED) is 0.706. The molecule has 3 N–H and O–H groups in total. The highest BCUT2D eigenvalue weighted by atomic mass is 19.1. The smallest absolute Gasteiger partial charge is 0.129 e. The van der Waals surface area contributed by atoms with Crippen LogP contribution in [-0.4, -0.2) is 20.3 Å². The van der Waals surface area contributed by atoms with E-state index < -0.39 is 0 Å². The van der Waals surface area contributed by atoms with Crippen molar-refractivity contribution in [3.63, 3.8) is 0 Å². The standard InChI is InChI=1S/C11H17FN2O/c1-15-7-3-6-14-11-5-2-4-10(12)9(11)8-13/h2,4-5,14H,3,6-8,13H2,1H3. The van der Waals surface area contributed by atoms with Gasteiger partial charge in [-0.25, -0.2) is 4.39 Å². The average Bonchev–Trinajstić information content (AvgIpc) is 2.24. The summed E-state index contributed by atoms with van der Waals surface area (Å²) < 4.78 is 18.2. The van der Waals surface area contributed by atoms with Gasteiger partial charge in [-0.05, 0) is 18.6 Å². The van der Waals surface area contributed by atoms with Crippen molar-refractivity contribution in [1.29, 1.82) is 0 Å². The number of halogens is 1. The van der Waals surface area contributed by atoms with Gasteiger partial charge in [-0.1, -0.05) is 6.07 Å². The van der Waals surface area contributed by atoms with Crippen molar-refractivity contribution in [3.8, 4) is 0 Å². The molecule has 4 heteroatoms. The van der Waals surface area contributed by atoms with Gasteiger partial charge in [0.25, 0.3) is 0 Å². The molecular formula is C11H17FN2O. The second-order valence-electron chi connectivity index (χ2n) is 3.24. The number of benzene rings is 1. The minimum Gasteiger partial charge on any atom is -0.385 e. The number of methoxy groups -OCH3 is 1. The Kier molecular flexibility index (Phi) is 5.07. The maximum absolute atomic E-state index is 13.3. The van der Waals surface area contributed by atoms with Crippen LogP contribution in [0.1, 0.15) is 12.0 Å². The van der Waals surface area contributed by atoms with Crippen LogP contribution in [0.15, 0.2) is 18.2 Å². The van der Waals surface area contributed by atoms with Crippen molar-refractivity contribution in [3.05, 3.63) is 29.6 Å². The summed E-state index contributed by atoms with van der Waals surface area (Å²) in [4.78, 5) is 0. The van der Waals surface area contributed by atoms with Crippen molar-refractivity contribution in [2.45, 2.75) is 13.0 Å². The number of nitrogens with one attached hydrogen (secondary N) is 1. The number of rotatable bonds is 6. The molecule has 0 heterocycles. The Labute approximate surface area is 89.4 Å². The number of hydrogen-bond acceptors (Lipinski definition) is 3. The fraction of sp³-hybridized carbons (Fsp3) is 0.455. The van der Waals surface area contributed by atoms with Gasteiger partial charge in [0.1, 0.15) is 5.82 Å². The van der Waals surface area contributed by atoms with Gasteiger partial charge in [0.05, 0.1) is 0 Å². The van der Waals surface area contributed by atoms with E-state index in [-0.39, 0.29) is 12.4 Å². The molecule has 0 aromatic heterocycles. The molecule has 0 spiro atoms. The van der Waals surface area contributed by atoms with Crippen LogP contribution >= 0.6 is 0 Å². The maximum atomic E-state index is 13.3. The number of ether oxygens (including phenoxy) is 1. The summed E-state index contributed by atoms with van der Waals surface area (Å²) in [6, 6.07) is 4.92. The first-order valence-electron chi connectivity index (χ1n) is 5.00. The molecule has 0 radical (unpaired) electrons. The lowest BCUT2D eigenvalue weighted by Gasteiger charge is -2.11. The maximum Gasteiger partial charge on any atom is 0.129 e. The zero-order valence-corrected chi connectivity index (χ0v) is 8.92. The molecule has 1 rings (SSSR count). The van der Waals surface area contributed by atoms with E-state index >= 15 is 0 Å². The fourth-order valence-corrected chi connectivity index (χ4v) is 1.37. The lowest BCUT2D eigenvalue weighted by molar-refractivity contribution is 0.198. The first-order valence-corrected chi connectivity index (χ1v) is 5.00. The van der Waals surface area contributed by atoms with E-state index in [1.165, 1.54) is 6.07 Å². The van der Waals surface area contributed by atoms with Gasteiger partial charge in [0, 0.05) is 38.1 Å². The van der Waals surface area contributed by atoms with Gasteiger partial charge >= 0.3 is 0 Å². The summed E-state index contributed by atoms with van der Waals surface area (Å²) in [5, 5.41) is 3.14.